The van der Waals surface area contributed by atoms with E-state index in [0.717, 1.165) is 49.4 Å². The molecule has 0 unspecified atom stereocenters. The molecule has 32 heavy (non-hydrogen) atoms. The highest BCUT2D eigenvalue weighted by Crippen LogP contribution is 2.31. The molecule has 1 aliphatic heterocycles. The largest absolute Gasteiger partial charge is 0.497 e. The van der Waals surface area contributed by atoms with Crippen molar-refractivity contribution in [3.05, 3.63) is 78.0 Å². The number of hydrogen-bond donors (Lipinski definition) is 0. The van der Waals surface area contributed by atoms with Crippen LogP contribution < -0.4 is 4.74 Å². The first kappa shape index (κ1) is 24.3. The van der Waals surface area contributed by atoms with Crippen molar-refractivity contribution in [3.63, 3.8) is 0 Å². The van der Waals surface area contributed by atoms with Crippen LogP contribution in [0.2, 0.25) is 5.02 Å². The number of ether oxygens (including phenoxy) is 1. The molecule has 0 aliphatic carbocycles. The van der Waals surface area contributed by atoms with Gasteiger partial charge in [0, 0.05) is 44.3 Å². The van der Waals surface area contributed by atoms with E-state index < -0.39 is 10.0 Å². The fourth-order valence-corrected chi connectivity index (χ4v) is 5.23. The van der Waals surface area contributed by atoms with Gasteiger partial charge in [-0.2, -0.15) is 0 Å². The van der Waals surface area contributed by atoms with Crippen LogP contribution in [-0.2, 0) is 16.6 Å². The third kappa shape index (κ3) is 5.92. The molecule has 1 aliphatic rings. The van der Waals surface area contributed by atoms with Crippen LogP contribution in [0.1, 0.15) is 5.56 Å². The van der Waals surface area contributed by atoms with Crippen LogP contribution in [0, 0.1) is 0 Å². The van der Waals surface area contributed by atoms with Crippen molar-refractivity contribution in [1.82, 2.24) is 13.8 Å². The lowest BCUT2D eigenvalue weighted by Gasteiger charge is -2.32. The van der Waals surface area contributed by atoms with Crippen molar-refractivity contribution in [3.8, 4) is 5.75 Å². The Balaban J connectivity index is 0.000000305. The Morgan fingerprint density at radius 3 is 2.34 bits per heavy atom. The Morgan fingerprint density at radius 2 is 1.75 bits per heavy atom. The molecule has 2 heterocycles. The molecule has 8 heteroatoms. The maximum absolute atomic E-state index is 12.4. The summed E-state index contributed by atoms with van der Waals surface area (Å²) in [4.78, 5) is 4.68. The molecule has 3 aromatic rings. The van der Waals surface area contributed by atoms with Gasteiger partial charge in [0.1, 0.15) is 5.75 Å². The van der Waals surface area contributed by atoms with Crippen LogP contribution >= 0.6 is 11.6 Å². The van der Waals surface area contributed by atoms with Crippen molar-refractivity contribution in [1.29, 1.82) is 0 Å². The van der Waals surface area contributed by atoms with E-state index in [2.05, 4.69) is 23.4 Å². The van der Waals surface area contributed by atoms with E-state index in [1.54, 1.807) is 13.2 Å². The van der Waals surface area contributed by atoms with E-state index in [0.29, 0.717) is 10.5 Å². The summed E-state index contributed by atoms with van der Waals surface area (Å²) in [5, 5.41) is 1.30. The number of fused-ring (bicyclic) bond motifs is 1. The zero-order chi connectivity index (χ0) is 23.1. The summed E-state index contributed by atoms with van der Waals surface area (Å²) >= 11 is 6.39. The van der Waals surface area contributed by atoms with Gasteiger partial charge in [-0.25, -0.2) is 12.4 Å². The molecule has 1 saturated heterocycles. The molecule has 0 spiro atoms. The van der Waals surface area contributed by atoms with Crippen molar-refractivity contribution >= 4 is 32.5 Å². The number of piperazine rings is 1. The van der Waals surface area contributed by atoms with Gasteiger partial charge in [-0.05, 0) is 30.8 Å². The molecule has 6 nitrogen and oxygen atoms in total. The van der Waals surface area contributed by atoms with Crippen LogP contribution in [0.15, 0.2) is 67.4 Å². The summed E-state index contributed by atoms with van der Waals surface area (Å²) < 4.78 is 31.0. The average Bonchev–Trinajstić information content (AvgIpc) is 3.15. The van der Waals surface area contributed by atoms with Gasteiger partial charge in [0.2, 0.25) is 10.0 Å². The quantitative estimate of drug-likeness (QED) is 0.502. The summed E-state index contributed by atoms with van der Waals surface area (Å²) in [7, 11) is 0.307. The predicted molar refractivity (Wildman–Crippen MR) is 132 cm³/mol. The Kier molecular flexibility index (Phi) is 8.37. The molecule has 0 bridgehead atoms. The van der Waals surface area contributed by atoms with Crippen molar-refractivity contribution in [2.45, 2.75) is 6.54 Å². The first-order chi connectivity index (χ1) is 15.4. The number of halogens is 1. The third-order valence-electron chi connectivity index (χ3n) is 5.43. The number of benzene rings is 2. The smallest absolute Gasteiger partial charge is 0.242 e. The van der Waals surface area contributed by atoms with E-state index in [4.69, 9.17) is 16.3 Å². The molecule has 0 N–H and O–H groups in total. The highest BCUT2D eigenvalue weighted by Gasteiger charge is 2.21. The van der Waals surface area contributed by atoms with Gasteiger partial charge in [0.15, 0.2) is 0 Å². The first-order valence-electron chi connectivity index (χ1n) is 10.5. The highest BCUT2D eigenvalue weighted by molar-refractivity contribution is 7.90. The number of nitrogens with zero attached hydrogens (tertiary/aromatic N) is 3. The molecule has 2 aromatic carbocycles. The number of methoxy groups -OCH3 is 1. The van der Waals surface area contributed by atoms with Crippen molar-refractivity contribution in [2.75, 3.05) is 46.1 Å². The Morgan fingerprint density at radius 1 is 1.06 bits per heavy atom. The van der Waals surface area contributed by atoms with Gasteiger partial charge < -0.3 is 9.64 Å². The lowest BCUT2D eigenvalue weighted by molar-refractivity contribution is 0.148. The van der Waals surface area contributed by atoms with E-state index in [1.165, 1.54) is 16.2 Å². The average molecular weight is 476 g/mol. The second kappa shape index (κ2) is 11.0. The molecule has 1 aromatic heterocycles. The summed E-state index contributed by atoms with van der Waals surface area (Å²) in [5.41, 5.74) is 1.70. The molecule has 172 valence electrons. The van der Waals surface area contributed by atoms with Crippen LogP contribution in [0.4, 0.5) is 0 Å². The second-order valence-electron chi connectivity index (χ2n) is 7.75. The van der Waals surface area contributed by atoms with Gasteiger partial charge in [0.25, 0.3) is 0 Å². The summed E-state index contributed by atoms with van der Waals surface area (Å²) in [6, 6.07) is 15.4. The van der Waals surface area contributed by atoms with Crippen LogP contribution in [-0.4, -0.2) is 68.3 Å². The number of para-hydroxylation sites is 1. The molecule has 0 saturated carbocycles. The molecule has 4 rings (SSSR count). The van der Waals surface area contributed by atoms with Crippen molar-refractivity contribution in [2.24, 2.45) is 0 Å². The van der Waals surface area contributed by atoms with Crippen LogP contribution in [0.5, 0.6) is 5.75 Å². The molecule has 0 radical (unpaired) electrons. The molecular weight excluding hydrogens is 446 g/mol. The van der Waals surface area contributed by atoms with Gasteiger partial charge in [-0.15, -0.1) is 6.58 Å². The fraction of sp³-hybridized carbons (Fsp3) is 0.333. The van der Waals surface area contributed by atoms with E-state index in [9.17, 15) is 8.42 Å². The van der Waals surface area contributed by atoms with Crippen LogP contribution in [0.3, 0.4) is 0 Å². The zero-order valence-electron chi connectivity index (χ0n) is 18.6. The number of hydrogen-bond acceptors (Lipinski definition) is 5. The fourth-order valence-electron chi connectivity index (χ4n) is 3.68. The minimum Gasteiger partial charge on any atom is -0.497 e. The lowest BCUT2D eigenvalue weighted by atomic mass is 10.1. The monoisotopic (exact) mass is 475 g/mol. The third-order valence-corrected chi connectivity index (χ3v) is 7.28. The predicted octanol–water partition coefficient (Wildman–Crippen LogP) is 4.10. The molecule has 0 atom stereocenters. The minimum atomic E-state index is -3.48. The zero-order valence-corrected chi connectivity index (χ0v) is 20.1. The van der Waals surface area contributed by atoms with Gasteiger partial charge in [-0.3, -0.25) is 4.90 Å². The summed E-state index contributed by atoms with van der Waals surface area (Å²) in [6.07, 6.45) is 2.89. The van der Waals surface area contributed by atoms with E-state index in [-0.39, 0.29) is 5.75 Å². The topological polar surface area (TPSA) is 54.8 Å². The summed E-state index contributed by atoms with van der Waals surface area (Å²) in [6.45, 7) is 8.38. The first-order valence-corrected chi connectivity index (χ1v) is 12.5. The Hall–Kier alpha value is -2.32. The Labute approximate surface area is 195 Å². The number of likely N-dealkylation sites (N-methyl/N-ethyl adjacent to an activating group) is 1. The lowest BCUT2D eigenvalue weighted by Crippen LogP contribution is -2.43. The Bertz CT molecular complexity index is 1140. The van der Waals surface area contributed by atoms with Gasteiger partial charge in [-0.1, -0.05) is 48.0 Å². The van der Waals surface area contributed by atoms with E-state index >= 15 is 0 Å². The normalized spacial score (nSPS) is 15.2. The van der Waals surface area contributed by atoms with Gasteiger partial charge >= 0.3 is 0 Å². The van der Waals surface area contributed by atoms with E-state index in [1.807, 2.05) is 42.5 Å². The van der Waals surface area contributed by atoms with Gasteiger partial charge in [0.05, 0.1) is 23.4 Å². The number of aromatic nitrogens is 1. The SMILES string of the molecule is C=CCS(=O)(=O)n1cc(Cl)c2c(CN3CCN(C)CC3)cccc21.COc1ccccc1. The maximum Gasteiger partial charge on any atom is 0.242 e. The maximum atomic E-state index is 12.4. The molecule has 1 fully saturated rings. The highest BCUT2D eigenvalue weighted by atomic mass is 35.5. The standard InChI is InChI=1S/C17H22ClN3O2S.C7H8O/c1-3-11-24(22,23)21-13-15(18)17-14(5-4-6-16(17)21)12-20-9-7-19(2)8-10-20;1-8-7-5-3-2-4-6-7/h3-6,13H,1,7-12H2,2H3;2-6H,1H3. The minimum absolute atomic E-state index is 0.115. The summed E-state index contributed by atoms with van der Waals surface area (Å²) in [5.74, 6) is 0.794. The number of rotatable bonds is 6. The second-order valence-corrected chi connectivity index (χ2v) is 10.0. The van der Waals surface area contributed by atoms with Crippen LogP contribution in [0.25, 0.3) is 10.9 Å². The molecule has 0 amide bonds. The molecular formula is C24H30ClN3O3S. The van der Waals surface area contributed by atoms with Crippen molar-refractivity contribution < 1.29 is 13.2 Å².